The van der Waals surface area contributed by atoms with E-state index in [4.69, 9.17) is 0 Å². The van der Waals surface area contributed by atoms with E-state index in [0.717, 1.165) is 14.7 Å². The predicted molar refractivity (Wildman–Crippen MR) is 58.7 cm³/mol. The van der Waals surface area contributed by atoms with E-state index in [9.17, 15) is 4.79 Å². The van der Waals surface area contributed by atoms with Crippen LogP contribution >= 0.6 is 22.6 Å². The van der Waals surface area contributed by atoms with E-state index in [2.05, 4.69) is 32.6 Å². The van der Waals surface area contributed by atoms with Crippen molar-refractivity contribution in [1.29, 1.82) is 0 Å². The van der Waals surface area contributed by atoms with Crippen LogP contribution in [0.25, 0.3) is 11.2 Å². The summed E-state index contributed by atoms with van der Waals surface area (Å²) in [5.74, 6) is 0. The molecule has 0 saturated heterocycles. The molecule has 2 rings (SSSR count). The molecule has 2 heterocycles. The first-order valence-corrected chi connectivity index (χ1v) is 5.05. The van der Waals surface area contributed by atoms with Crippen molar-refractivity contribution in [2.24, 2.45) is 0 Å². The number of fused-ring (bicyclic) bond motifs is 1. The Bertz CT molecular complexity index is 500. The molecule has 0 radical (unpaired) electrons. The van der Waals surface area contributed by atoms with Gasteiger partial charge in [0.1, 0.15) is 0 Å². The summed E-state index contributed by atoms with van der Waals surface area (Å²) in [6, 6.07) is 1.87. The van der Waals surface area contributed by atoms with Gasteiger partial charge in [-0.05, 0) is 35.6 Å². The van der Waals surface area contributed by atoms with Crippen LogP contribution in [0.3, 0.4) is 0 Å². The van der Waals surface area contributed by atoms with Crippen molar-refractivity contribution < 1.29 is 0 Å². The molecule has 4 nitrogen and oxygen atoms in total. The van der Waals surface area contributed by atoms with Gasteiger partial charge in [0.25, 0.3) is 0 Å². The number of rotatable bonds is 1. The first-order valence-electron chi connectivity index (χ1n) is 3.97. The van der Waals surface area contributed by atoms with Crippen LogP contribution in [-0.2, 0) is 6.54 Å². The van der Waals surface area contributed by atoms with Gasteiger partial charge < -0.3 is 4.98 Å². The monoisotopic (exact) mass is 289 g/mol. The summed E-state index contributed by atoms with van der Waals surface area (Å²) in [7, 11) is 0. The van der Waals surface area contributed by atoms with E-state index >= 15 is 0 Å². The van der Waals surface area contributed by atoms with Crippen LogP contribution in [0.2, 0.25) is 0 Å². The number of hydrogen-bond donors (Lipinski definition) is 1. The molecular formula is C8H8IN3O. The summed E-state index contributed by atoms with van der Waals surface area (Å²) in [5.41, 5.74) is 1.48. The fourth-order valence-corrected chi connectivity index (χ4v) is 1.85. The van der Waals surface area contributed by atoms with Crippen LogP contribution in [0, 0.1) is 3.57 Å². The van der Waals surface area contributed by atoms with Crippen molar-refractivity contribution in [3.05, 3.63) is 26.3 Å². The maximum atomic E-state index is 11.4. The van der Waals surface area contributed by atoms with Crippen LogP contribution in [0.15, 0.2) is 17.1 Å². The molecule has 13 heavy (non-hydrogen) atoms. The number of imidazole rings is 1. The molecule has 0 spiro atoms. The zero-order valence-corrected chi connectivity index (χ0v) is 9.20. The van der Waals surface area contributed by atoms with E-state index < -0.39 is 0 Å². The third kappa shape index (κ3) is 1.27. The molecule has 68 valence electrons. The molecular weight excluding hydrogens is 281 g/mol. The van der Waals surface area contributed by atoms with Gasteiger partial charge in [0.15, 0.2) is 5.65 Å². The van der Waals surface area contributed by atoms with Crippen molar-refractivity contribution in [3.8, 4) is 0 Å². The van der Waals surface area contributed by atoms with E-state index in [0.29, 0.717) is 6.54 Å². The van der Waals surface area contributed by atoms with Crippen LogP contribution in [-0.4, -0.2) is 14.5 Å². The highest BCUT2D eigenvalue weighted by Crippen LogP contribution is 2.14. The molecule has 1 N–H and O–H groups in total. The largest absolute Gasteiger partial charge is 0.327 e. The Morgan fingerprint density at radius 2 is 2.46 bits per heavy atom. The van der Waals surface area contributed by atoms with Gasteiger partial charge in [0.2, 0.25) is 0 Å². The molecule has 0 unspecified atom stereocenters. The van der Waals surface area contributed by atoms with Gasteiger partial charge in [-0.1, -0.05) is 0 Å². The van der Waals surface area contributed by atoms with Crippen LogP contribution in [0.4, 0.5) is 0 Å². The van der Waals surface area contributed by atoms with E-state index in [1.54, 1.807) is 10.8 Å². The Hall–Kier alpha value is -0.850. The van der Waals surface area contributed by atoms with Crippen molar-refractivity contribution in [2.45, 2.75) is 13.5 Å². The minimum atomic E-state index is -0.0888. The third-order valence-corrected chi connectivity index (χ3v) is 2.83. The van der Waals surface area contributed by atoms with E-state index in [1.165, 1.54) is 0 Å². The maximum Gasteiger partial charge on any atom is 0.327 e. The summed E-state index contributed by atoms with van der Waals surface area (Å²) in [5, 5.41) is 0. The van der Waals surface area contributed by atoms with Gasteiger partial charge in [-0.3, -0.25) is 4.57 Å². The minimum Gasteiger partial charge on any atom is -0.303 e. The number of nitrogens with zero attached hydrogens (tertiary/aromatic N) is 2. The number of aromatic amines is 1. The molecule has 0 saturated carbocycles. The van der Waals surface area contributed by atoms with Gasteiger partial charge in [-0.15, -0.1) is 0 Å². The Balaban J connectivity index is 2.94. The number of aryl methyl sites for hydroxylation is 1. The van der Waals surface area contributed by atoms with Gasteiger partial charge in [0.05, 0.1) is 5.52 Å². The number of nitrogens with one attached hydrogen (secondary N) is 1. The van der Waals surface area contributed by atoms with Crippen LogP contribution in [0.1, 0.15) is 6.92 Å². The van der Waals surface area contributed by atoms with Crippen LogP contribution < -0.4 is 5.69 Å². The lowest BCUT2D eigenvalue weighted by molar-refractivity contribution is 0.745. The fraction of sp³-hybridized carbons (Fsp3) is 0.250. The van der Waals surface area contributed by atoms with Gasteiger partial charge in [-0.2, -0.15) is 0 Å². The second-order valence-electron chi connectivity index (χ2n) is 2.67. The number of hydrogen-bond acceptors (Lipinski definition) is 2. The van der Waals surface area contributed by atoms with E-state index in [-0.39, 0.29) is 5.69 Å². The number of H-pyrrole nitrogens is 1. The Labute approximate surface area is 88.1 Å². The second-order valence-corrected chi connectivity index (χ2v) is 3.83. The number of aromatic nitrogens is 3. The standard InChI is InChI=1S/C8H8IN3O/c1-2-12-7-6(11-8(12)13)5(9)3-4-10-7/h3-4H,2H2,1H3,(H,11,13). The first-order chi connectivity index (χ1) is 6.24. The molecule has 0 bridgehead atoms. The SMILES string of the molecule is CCn1c(=O)[nH]c2c(I)ccnc21. The van der Waals surface area contributed by atoms with Crippen molar-refractivity contribution in [2.75, 3.05) is 0 Å². The molecule has 0 amide bonds. The van der Waals surface area contributed by atoms with Crippen LogP contribution in [0.5, 0.6) is 0 Å². The normalized spacial score (nSPS) is 10.9. The van der Waals surface area contributed by atoms with E-state index in [1.807, 2.05) is 13.0 Å². The second kappa shape index (κ2) is 3.13. The molecule has 0 aromatic carbocycles. The first kappa shape index (κ1) is 8.74. The van der Waals surface area contributed by atoms with Gasteiger partial charge in [0, 0.05) is 16.3 Å². The lowest BCUT2D eigenvalue weighted by Crippen LogP contribution is -2.15. The zero-order chi connectivity index (χ0) is 9.42. The number of pyridine rings is 1. The molecule has 2 aromatic heterocycles. The molecule has 5 heteroatoms. The fourth-order valence-electron chi connectivity index (χ4n) is 1.31. The van der Waals surface area contributed by atoms with Crippen molar-refractivity contribution in [1.82, 2.24) is 14.5 Å². The van der Waals surface area contributed by atoms with Crippen molar-refractivity contribution in [3.63, 3.8) is 0 Å². The summed E-state index contributed by atoms with van der Waals surface area (Å²) in [4.78, 5) is 18.3. The summed E-state index contributed by atoms with van der Waals surface area (Å²) in [6.07, 6.45) is 1.71. The maximum absolute atomic E-state index is 11.4. The van der Waals surface area contributed by atoms with Crippen molar-refractivity contribution >= 4 is 33.8 Å². The van der Waals surface area contributed by atoms with Gasteiger partial charge >= 0.3 is 5.69 Å². The quantitative estimate of drug-likeness (QED) is 0.806. The Morgan fingerprint density at radius 3 is 3.15 bits per heavy atom. The molecule has 2 aromatic rings. The lowest BCUT2D eigenvalue weighted by atomic mass is 10.4. The third-order valence-electron chi connectivity index (χ3n) is 1.93. The zero-order valence-electron chi connectivity index (χ0n) is 7.04. The molecule has 0 aliphatic heterocycles. The highest BCUT2D eigenvalue weighted by atomic mass is 127. The highest BCUT2D eigenvalue weighted by molar-refractivity contribution is 14.1. The summed E-state index contributed by atoms with van der Waals surface area (Å²) < 4.78 is 2.64. The Kier molecular flexibility index (Phi) is 2.10. The topological polar surface area (TPSA) is 50.7 Å². The Morgan fingerprint density at radius 1 is 1.69 bits per heavy atom. The molecule has 0 aliphatic carbocycles. The molecule has 0 aliphatic rings. The average molecular weight is 289 g/mol. The summed E-state index contributed by atoms with van der Waals surface area (Å²) >= 11 is 2.18. The lowest BCUT2D eigenvalue weighted by Gasteiger charge is -1.96. The molecule has 0 fully saturated rings. The molecule has 0 atom stereocenters. The summed E-state index contributed by atoms with van der Waals surface area (Å²) in [6.45, 7) is 2.57. The van der Waals surface area contributed by atoms with Gasteiger partial charge in [-0.25, -0.2) is 9.78 Å². The average Bonchev–Trinajstić information content (AvgIpc) is 2.43. The minimum absolute atomic E-state index is 0.0888. The number of halogens is 1. The predicted octanol–water partition coefficient (Wildman–Crippen LogP) is 1.35. The smallest absolute Gasteiger partial charge is 0.303 e. The highest BCUT2D eigenvalue weighted by Gasteiger charge is 2.07.